The van der Waals surface area contributed by atoms with Crippen LogP contribution in [0.5, 0.6) is 0 Å². The van der Waals surface area contributed by atoms with E-state index >= 15 is 0 Å². The molecule has 0 radical (unpaired) electrons. The molecule has 0 amide bonds. The molecule has 2 nitrogen and oxygen atoms in total. The molecule has 1 aromatic carbocycles. The number of aryl methyl sites for hydroxylation is 2. The van der Waals surface area contributed by atoms with Gasteiger partial charge in [0.05, 0.1) is 5.69 Å². The van der Waals surface area contributed by atoms with Crippen LogP contribution >= 0.6 is 0 Å². The molecule has 2 aromatic rings. The Labute approximate surface area is 77.6 Å². The van der Waals surface area contributed by atoms with Gasteiger partial charge < -0.3 is 0 Å². The lowest BCUT2D eigenvalue weighted by atomic mass is 10.0. The SMILES string of the molecule is Cc1ccc(-c2ccn[nH]2)cc1C. The largest absolute Gasteiger partial charge is 0.278 e. The van der Waals surface area contributed by atoms with Gasteiger partial charge in [0, 0.05) is 6.20 Å². The van der Waals surface area contributed by atoms with E-state index in [0.29, 0.717) is 0 Å². The van der Waals surface area contributed by atoms with E-state index < -0.39 is 0 Å². The zero-order valence-corrected chi connectivity index (χ0v) is 7.83. The average Bonchev–Trinajstić information content (AvgIpc) is 2.62. The van der Waals surface area contributed by atoms with E-state index in [9.17, 15) is 0 Å². The maximum absolute atomic E-state index is 3.93. The third-order valence-corrected chi connectivity index (χ3v) is 2.32. The number of nitrogens with one attached hydrogen (secondary N) is 1. The van der Waals surface area contributed by atoms with Crippen molar-refractivity contribution in [1.82, 2.24) is 10.2 Å². The quantitative estimate of drug-likeness (QED) is 0.704. The molecule has 0 aliphatic rings. The highest BCUT2D eigenvalue weighted by atomic mass is 15.1. The minimum Gasteiger partial charge on any atom is -0.278 e. The lowest BCUT2D eigenvalue weighted by Gasteiger charge is -2.02. The van der Waals surface area contributed by atoms with Crippen molar-refractivity contribution < 1.29 is 0 Å². The van der Waals surface area contributed by atoms with Gasteiger partial charge in [0.15, 0.2) is 0 Å². The average molecular weight is 172 g/mol. The second-order valence-electron chi connectivity index (χ2n) is 3.27. The van der Waals surface area contributed by atoms with Gasteiger partial charge in [-0.3, -0.25) is 5.10 Å². The number of aromatic amines is 1. The molecule has 0 saturated heterocycles. The van der Waals surface area contributed by atoms with Gasteiger partial charge in [0.1, 0.15) is 0 Å². The van der Waals surface area contributed by atoms with Gasteiger partial charge in [-0.2, -0.15) is 5.10 Å². The van der Waals surface area contributed by atoms with E-state index in [1.807, 2.05) is 6.07 Å². The van der Waals surface area contributed by atoms with Crippen LogP contribution in [0.1, 0.15) is 11.1 Å². The summed E-state index contributed by atoms with van der Waals surface area (Å²) in [6.07, 6.45) is 1.77. The number of rotatable bonds is 1. The summed E-state index contributed by atoms with van der Waals surface area (Å²) in [6, 6.07) is 8.38. The van der Waals surface area contributed by atoms with Crippen molar-refractivity contribution >= 4 is 0 Å². The molecule has 2 heteroatoms. The summed E-state index contributed by atoms with van der Waals surface area (Å²) in [5.41, 5.74) is 4.90. The second kappa shape index (κ2) is 3.05. The molecule has 0 bridgehead atoms. The molecule has 2 rings (SSSR count). The van der Waals surface area contributed by atoms with Crippen molar-refractivity contribution in [2.24, 2.45) is 0 Å². The number of hydrogen-bond acceptors (Lipinski definition) is 1. The second-order valence-corrected chi connectivity index (χ2v) is 3.27. The third kappa shape index (κ3) is 1.47. The van der Waals surface area contributed by atoms with E-state index in [1.165, 1.54) is 16.7 Å². The molecule has 0 fully saturated rings. The van der Waals surface area contributed by atoms with Crippen LogP contribution in [0.4, 0.5) is 0 Å². The zero-order chi connectivity index (χ0) is 9.26. The summed E-state index contributed by atoms with van der Waals surface area (Å²) < 4.78 is 0. The molecule has 0 aliphatic heterocycles. The molecule has 0 saturated carbocycles. The number of nitrogens with zero attached hydrogens (tertiary/aromatic N) is 1. The van der Waals surface area contributed by atoms with Crippen molar-refractivity contribution in [2.75, 3.05) is 0 Å². The summed E-state index contributed by atoms with van der Waals surface area (Å²) in [5, 5.41) is 6.88. The van der Waals surface area contributed by atoms with E-state index in [1.54, 1.807) is 6.20 Å². The van der Waals surface area contributed by atoms with Gasteiger partial charge in [-0.15, -0.1) is 0 Å². The van der Waals surface area contributed by atoms with Crippen molar-refractivity contribution in [3.63, 3.8) is 0 Å². The molecule has 0 atom stereocenters. The molecule has 1 heterocycles. The Hall–Kier alpha value is -1.57. The Morgan fingerprint density at radius 1 is 1.08 bits per heavy atom. The number of benzene rings is 1. The lowest BCUT2D eigenvalue weighted by Crippen LogP contribution is -1.83. The van der Waals surface area contributed by atoms with Crippen molar-refractivity contribution in [3.8, 4) is 11.3 Å². The molecular weight excluding hydrogens is 160 g/mol. The first-order valence-corrected chi connectivity index (χ1v) is 4.34. The fraction of sp³-hybridized carbons (Fsp3) is 0.182. The van der Waals surface area contributed by atoms with Gasteiger partial charge in [-0.25, -0.2) is 0 Å². The monoisotopic (exact) mass is 172 g/mol. The molecule has 66 valence electrons. The van der Waals surface area contributed by atoms with Crippen molar-refractivity contribution in [1.29, 1.82) is 0 Å². The van der Waals surface area contributed by atoms with Crippen LogP contribution in [-0.4, -0.2) is 10.2 Å². The van der Waals surface area contributed by atoms with Crippen molar-refractivity contribution in [2.45, 2.75) is 13.8 Å². The van der Waals surface area contributed by atoms with E-state index in [2.05, 4.69) is 42.2 Å². The van der Waals surface area contributed by atoms with Crippen LogP contribution in [0.2, 0.25) is 0 Å². The number of H-pyrrole nitrogens is 1. The fourth-order valence-electron chi connectivity index (χ4n) is 1.33. The van der Waals surface area contributed by atoms with Gasteiger partial charge in [-0.1, -0.05) is 12.1 Å². The van der Waals surface area contributed by atoms with Crippen LogP contribution in [0.15, 0.2) is 30.5 Å². The fourth-order valence-corrected chi connectivity index (χ4v) is 1.33. The third-order valence-electron chi connectivity index (χ3n) is 2.32. The normalized spacial score (nSPS) is 10.3. The van der Waals surface area contributed by atoms with Crippen LogP contribution < -0.4 is 0 Å². The minimum absolute atomic E-state index is 1.07. The Kier molecular flexibility index (Phi) is 1.89. The highest BCUT2D eigenvalue weighted by Crippen LogP contribution is 2.19. The summed E-state index contributed by atoms with van der Waals surface area (Å²) in [5.74, 6) is 0. The van der Waals surface area contributed by atoms with Gasteiger partial charge in [0.2, 0.25) is 0 Å². The minimum atomic E-state index is 1.07. The van der Waals surface area contributed by atoms with Crippen LogP contribution in [0.25, 0.3) is 11.3 Å². The van der Waals surface area contributed by atoms with E-state index in [4.69, 9.17) is 0 Å². The first-order valence-electron chi connectivity index (χ1n) is 4.34. The maximum atomic E-state index is 3.93. The highest BCUT2D eigenvalue weighted by molar-refractivity contribution is 5.60. The van der Waals surface area contributed by atoms with Gasteiger partial charge in [0.25, 0.3) is 0 Å². The Morgan fingerprint density at radius 2 is 1.92 bits per heavy atom. The highest BCUT2D eigenvalue weighted by Gasteiger charge is 1.99. The first-order chi connectivity index (χ1) is 6.27. The molecule has 0 spiro atoms. The predicted molar refractivity (Wildman–Crippen MR) is 53.5 cm³/mol. The zero-order valence-electron chi connectivity index (χ0n) is 7.83. The molecule has 1 aromatic heterocycles. The Morgan fingerprint density at radius 3 is 2.54 bits per heavy atom. The Bertz CT molecular complexity index is 402. The van der Waals surface area contributed by atoms with Crippen LogP contribution in [0.3, 0.4) is 0 Å². The topological polar surface area (TPSA) is 28.7 Å². The number of aromatic nitrogens is 2. The molecule has 0 aliphatic carbocycles. The molecule has 1 N–H and O–H groups in total. The van der Waals surface area contributed by atoms with Gasteiger partial charge >= 0.3 is 0 Å². The van der Waals surface area contributed by atoms with E-state index in [-0.39, 0.29) is 0 Å². The maximum Gasteiger partial charge on any atom is 0.0650 e. The summed E-state index contributed by atoms with van der Waals surface area (Å²) in [4.78, 5) is 0. The predicted octanol–water partition coefficient (Wildman–Crippen LogP) is 2.69. The standard InChI is InChI=1S/C11H12N2/c1-8-3-4-10(7-9(8)2)11-5-6-12-13-11/h3-7H,1-2H3,(H,12,13). The van der Waals surface area contributed by atoms with Crippen molar-refractivity contribution in [3.05, 3.63) is 41.6 Å². The van der Waals surface area contributed by atoms with Crippen LogP contribution in [0, 0.1) is 13.8 Å². The Balaban J connectivity index is 2.49. The van der Waals surface area contributed by atoms with E-state index in [0.717, 1.165) is 5.69 Å². The smallest absolute Gasteiger partial charge is 0.0650 e. The lowest BCUT2D eigenvalue weighted by molar-refractivity contribution is 1.09. The molecule has 13 heavy (non-hydrogen) atoms. The molecular formula is C11H12N2. The summed E-state index contributed by atoms with van der Waals surface area (Å²) >= 11 is 0. The van der Waals surface area contributed by atoms with Gasteiger partial charge in [-0.05, 0) is 42.7 Å². The molecule has 0 unspecified atom stereocenters. The summed E-state index contributed by atoms with van der Waals surface area (Å²) in [7, 11) is 0. The first kappa shape index (κ1) is 8.05. The van der Waals surface area contributed by atoms with Crippen LogP contribution in [-0.2, 0) is 0 Å². The summed E-state index contributed by atoms with van der Waals surface area (Å²) in [6.45, 7) is 4.24. The number of hydrogen-bond donors (Lipinski definition) is 1.